The first-order valence-electron chi connectivity index (χ1n) is 5.06. The maximum atomic E-state index is 11.6. The Balaban J connectivity index is 2.04. The van der Waals surface area contributed by atoms with Gasteiger partial charge in [0, 0.05) is 12.2 Å². The first-order valence-corrected chi connectivity index (χ1v) is 5.60. The van der Waals surface area contributed by atoms with Gasteiger partial charge in [0.15, 0.2) is 0 Å². The molecule has 0 aliphatic heterocycles. The van der Waals surface area contributed by atoms with E-state index in [-0.39, 0.29) is 11.8 Å². The van der Waals surface area contributed by atoms with Gasteiger partial charge in [-0.05, 0) is 25.0 Å². The van der Waals surface area contributed by atoms with Crippen LogP contribution in [-0.2, 0) is 11.3 Å². The largest absolute Gasteiger partial charge is 0.333 e. The van der Waals surface area contributed by atoms with Gasteiger partial charge in [-0.15, -0.1) is 11.6 Å². The molecule has 1 heterocycles. The summed E-state index contributed by atoms with van der Waals surface area (Å²) in [6, 6.07) is 6.11. The van der Waals surface area contributed by atoms with Gasteiger partial charge in [0.1, 0.15) is 5.88 Å². The molecule has 1 aromatic rings. The van der Waals surface area contributed by atoms with E-state index in [1.54, 1.807) is 6.20 Å². The zero-order valence-corrected chi connectivity index (χ0v) is 9.15. The van der Waals surface area contributed by atoms with Crippen LogP contribution in [0.2, 0.25) is 0 Å². The van der Waals surface area contributed by atoms with E-state index in [0.29, 0.717) is 12.6 Å². The Labute approximate surface area is 94.1 Å². The van der Waals surface area contributed by atoms with E-state index in [1.807, 2.05) is 23.1 Å². The van der Waals surface area contributed by atoms with Crippen molar-refractivity contribution in [2.45, 2.75) is 25.4 Å². The lowest BCUT2D eigenvalue weighted by molar-refractivity contribution is -0.129. The van der Waals surface area contributed by atoms with Crippen molar-refractivity contribution in [3.05, 3.63) is 30.1 Å². The van der Waals surface area contributed by atoms with Crippen LogP contribution in [0.5, 0.6) is 0 Å². The lowest BCUT2D eigenvalue weighted by Gasteiger charge is -2.20. The fourth-order valence-corrected chi connectivity index (χ4v) is 1.70. The second kappa shape index (κ2) is 4.62. The molecule has 1 aromatic heterocycles. The highest BCUT2D eigenvalue weighted by Gasteiger charge is 2.32. The molecule has 0 radical (unpaired) electrons. The highest BCUT2D eigenvalue weighted by atomic mass is 35.5. The van der Waals surface area contributed by atoms with Crippen LogP contribution in [0.25, 0.3) is 0 Å². The number of carbonyl (C=O) groups excluding carboxylic acids is 1. The van der Waals surface area contributed by atoms with Gasteiger partial charge in [0.05, 0.1) is 12.2 Å². The quantitative estimate of drug-likeness (QED) is 0.731. The highest BCUT2D eigenvalue weighted by molar-refractivity contribution is 6.27. The molecule has 0 unspecified atom stereocenters. The maximum Gasteiger partial charge on any atom is 0.238 e. The topological polar surface area (TPSA) is 33.2 Å². The fraction of sp³-hybridized carbons (Fsp3) is 0.455. The van der Waals surface area contributed by atoms with Crippen LogP contribution < -0.4 is 0 Å². The lowest BCUT2D eigenvalue weighted by Crippen LogP contribution is -2.33. The third kappa shape index (κ3) is 2.69. The summed E-state index contributed by atoms with van der Waals surface area (Å²) in [6.07, 6.45) is 3.93. The molecule has 0 bridgehead atoms. The molecule has 1 aliphatic rings. The average molecular weight is 225 g/mol. The first kappa shape index (κ1) is 10.4. The molecule has 2 rings (SSSR count). The molecule has 1 amide bonds. The van der Waals surface area contributed by atoms with Crippen molar-refractivity contribution >= 4 is 17.5 Å². The summed E-state index contributed by atoms with van der Waals surface area (Å²) >= 11 is 5.57. The van der Waals surface area contributed by atoms with Crippen molar-refractivity contribution < 1.29 is 4.79 Å². The maximum absolute atomic E-state index is 11.6. The predicted octanol–water partition coefficient (Wildman–Crippen LogP) is 1.81. The number of carbonyl (C=O) groups is 1. The van der Waals surface area contributed by atoms with Gasteiger partial charge in [0.2, 0.25) is 5.91 Å². The van der Waals surface area contributed by atoms with Crippen LogP contribution in [-0.4, -0.2) is 27.7 Å². The first-order chi connectivity index (χ1) is 7.31. The van der Waals surface area contributed by atoms with E-state index in [0.717, 1.165) is 18.5 Å². The number of nitrogens with zero attached hydrogens (tertiary/aromatic N) is 2. The standard InChI is InChI=1S/C11H13ClN2O/c12-7-11(15)14(10-4-5-10)8-9-3-1-2-6-13-9/h1-3,6,10H,4-5,7-8H2. The average Bonchev–Trinajstić information content (AvgIpc) is 3.10. The molecule has 4 heteroatoms. The van der Waals surface area contributed by atoms with Gasteiger partial charge in [-0.3, -0.25) is 9.78 Å². The van der Waals surface area contributed by atoms with Crippen molar-refractivity contribution in [1.82, 2.24) is 9.88 Å². The number of hydrogen-bond donors (Lipinski definition) is 0. The normalized spacial score (nSPS) is 15.0. The second-order valence-corrected chi connectivity index (χ2v) is 3.97. The molecular formula is C11H13ClN2O. The van der Waals surface area contributed by atoms with Gasteiger partial charge in [-0.25, -0.2) is 0 Å². The molecular weight excluding hydrogens is 212 g/mol. The summed E-state index contributed by atoms with van der Waals surface area (Å²) < 4.78 is 0. The number of amides is 1. The van der Waals surface area contributed by atoms with E-state index in [2.05, 4.69) is 4.98 Å². The van der Waals surface area contributed by atoms with Crippen molar-refractivity contribution in [3.63, 3.8) is 0 Å². The smallest absolute Gasteiger partial charge is 0.238 e. The molecule has 0 atom stereocenters. The molecule has 0 aromatic carbocycles. The van der Waals surface area contributed by atoms with E-state index in [4.69, 9.17) is 11.6 Å². The monoisotopic (exact) mass is 224 g/mol. The van der Waals surface area contributed by atoms with E-state index >= 15 is 0 Å². The SMILES string of the molecule is O=C(CCl)N(Cc1ccccn1)C1CC1. The van der Waals surface area contributed by atoms with Gasteiger partial charge >= 0.3 is 0 Å². The zero-order chi connectivity index (χ0) is 10.7. The van der Waals surface area contributed by atoms with Crippen molar-refractivity contribution in [2.24, 2.45) is 0 Å². The molecule has 0 spiro atoms. The van der Waals surface area contributed by atoms with Crippen molar-refractivity contribution in [2.75, 3.05) is 5.88 Å². The van der Waals surface area contributed by atoms with Crippen LogP contribution in [0, 0.1) is 0 Å². The lowest BCUT2D eigenvalue weighted by atomic mass is 10.3. The summed E-state index contributed by atoms with van der Waals surface area (Å²) in [5, 5.41) is 0. The van der Waals surface area contributed by atoms with Crippen LogP contribution in [0.3, 0.4) is 0 Å². The Morgan fingerprint density at radius 2 is 2.33 bits per heavy atom. The Morgan fingerprint density at radius 3 is 2.87 bits per heavy atom. The number of halogens is 1. The highest BCUT2D eigenvalue weighted by Crippen LogP contribution is 2.28. The van der Waals surface area contributed by atoms with E-state index < -0.39 is 0 Å². The van der Waals surface area contributed by atoms with Gasteiger partial charge < -0.3 is 4.90 Å². The number of pyridine rings is 1. The third-order valence-corrected chi connectivity index (χ3v) is 2.71. The van der Waals surface area contributed by atoms with E-state index in [1.165, 1.54) is 0 Å². The van der Waals surface area contributed by atoms with Crippen LogP contribution in [0.1, 0.15) is 18.5 Å². The number of aromatic nitrogens is 1. The summed E-state index contributed by atoms with van der Waals surface area (Å²) in [6.45, 7) is 0.580. The van der Waals surface area contributed by atoms with E-state index in [9.17, 15) is 4.79 Å². The van der Waals surface area contributed by atoms with Crippen molar-refractivity contribution in [1.29, 1.82) is 0 Å². The molecule has 3 nitrogen and oxygen atoms in total. The van der Waals surface area contributed by atoms with Crippen LogP contribution in [0.4, 0.5) is 0 Å². The molecule has 0 N–H and O–H groups in total. The summed E-state index contributed by atoms with van der Waals surface area (Å²) in [5.74, 6) is 0.0633. The fourth-order valence-electron chi connectivity index (χ4n) is 1.55. The molecule has 1 fully saturated rings. The summed E-state index contributed by atoms with van der Waals surface area (Å²) in [7, 11) is 0. The minimum atomic E-state index is 0.00446. The molecule has 1 aliphatic carbocycles. The molecule has 0 saturated heterocycles. The number of rotatable bonds is 4. The number of alkyl halides is 1. The van der Waals surface area contributed by atoms with Crippen LogP contribution in [0.15, 0.2) is 24.4 Å². The van der Waals surface area contributed by atoms with Crippen LogP contribution >= 0.6 is 11.6 Å². The Bertz CT molecular complexity index is 338. The zero-order valence-electron chi connectivity index (χ0n) is 8.40. The molecule has 1 saturated carbocycles. The Morgan fingerprint density at radius 1 is 1.53 bits per heavy atom. The van der Waals surface area contributed by atoms with Crippen molar-refractivity contribution in [3.8, 4) is 0 Å². The number of hydrogen-bond acceptors (Lipinski definition) is 2. The van der Waals surface area contributed by atoms with Gasteiger partial charge in [-0.2, -0.15) is 0 Å². The third-order valence-electron chi connectivity index (χ3n) is 2.48. The summed E-state index contributed by atoms with van der Waals surface area (Å²) in [4.78, 5) is 17.6. The predicted molar refractivity (Wildman–Crippen MR) is 58.5 cm³/mol. The minimum absolute atomic E-state index is 0.00446. The second-order valence-electron chi connectivity index (χ2n) is 3.71. The molecule has 15 heavy (non-hydrogen) atoms. The Kier molecular flexibility index (Phi) is 3.21. The Hall–Kier alpha value is -1.09. The molecule has 80 valence electrons. The van der Waals surface area contributed by atoms with Gasteiger partial charge in [-0.1, -0.05) is 6.07 Å². The van der Waals surface area contributed by atoms with Gasteiger partial charge in [0.25, 0.3) is 0 Å². The summed E-state index contributed by atoms with van der Waals surface area (Å²) in [5.41, 5.74) is 0.919. The minimum Gasteiger partial charge on any atom is -0.333 e.